The molecule has 9 heteroatoms. The lowest BCUT2D eigenvalue weighted by molar-refractivity contribution is 0.121. The van der Waals surface area contributed by atoms with Crippen molar-refractivity contribution in [3.05, 3.63) is 93.3 Å². The second-order valence-corrected chi connectivity index (χ2v) is 12.5. The molecular weight excluding hydrogens is 561 g/mol. The number of allylic oxidation sites excluding steroid dienone is 2. The van der Waals surface area contributed by atoms with E-state index in [0.29, 0.717) is 40.7 Å². The van der Waals surface area contributed by atoms with E-state index in [0.717, 1.165) is 28.9 Å². The Morgan fingerprint density at radius 3 is 2.73 bits per heavy atom. The molecule has 0 saturated carbocycles. The van der Waals surface area contributed by atoms with Gasteiger partial charge in [0.15, 0.2) is 0 Å². The van der Waals surface area contributed by atoms with Crippen LogP contribution in [0.2, 0.25) is 5.02 Å². The molecular formula is C32H39ClFN3O3S. The summed E-state index contributed by atoms with van der Waals surface area (Å²) in [5.74, 6) is 0.159. The summed E-state index contributed by atoms with van der Waals surface area (Å²) in [6.07, 6.45) is 9.54. The molecule has 0 heterocycles. The van der Waals surface area contributed by atoms with Crippen LogP contribution in [0.5, 0.6) is 0 Å². The summed E-state index contributed by atoms with van der Waals surface area (Å²) in [5.41, 5.74) is 4.09. The minimum atomic E-state index is -0.259. The molecule has 0 saturated heterocycles. The number of halogens is 2. The number of aliphatic hydroxyl groups is 1. The van der Waals surface area contributed by atoms with Crippen molar-refractivity contribution in [3.63, 3.8) is 0 Å². The molecule has 0 amide bonds. The van der Waals surface area contributed by atoms with E-state index in [1.807, 2.05) is 50.4 Å². The SMILES string of the molecule is C=C(Nc1cc(C)c(C)c(F)c1)c1ccc(Cl)c(SC(CC(C)/C=N/OCC2C=CC(N=O)=CC2)CC(C)CO)c1. The first-order chi connectivity index (χ1) is 19.6. The number of thioether (sulfide) groups is 1. The maximum atomic E-state index is 14.3. The van der Waals surface area contributed by atoms with Gasteiger partial charge < -0.3 is 15.3 Å². The smallest absolute Gasteiger partial charge is 0.128 e. The van der Waals surface area contributed by atoms with E-state index in [4.69, 9.17) is 16.4 Å². The van der Waals surface area contributed by atoms with Gasteiger partial charge in [0, 0.05) is 40.3 Å². The molecule has 0 aromatic heterocycles. The summed E-state index contributed by atoms with van der Waals surface area (Å²) in [7, 11) is 0. The summed E-state index contributed by atoms with van der Waals surface area (Å²) >= 11 is 8.29. The zero-order chi connectivity index (χ0) is 29.9. The lowest BCUT2D eigenvalue weighted by Crippen LogP contribution is -2.16. The third-order valence-electron chi connectivity index (χ3n) is 7.04. The van der Waals surface area contributed by atoms with Gasteiger partial charge in [0.2, 0.25) is 0 Å². The third-order valence-corrected chi connectivity index (χ3v) is 8.79. The summed E-state index contributed by atoms with van der Waals surface area (Å²) in [6, 6.07) is 9.11. The molecule has 2 N–H and O–H groups in total. The Bertz CT molecular complexity index is 1290. The molecule has 2 aromatic carbocycles. The maximum absolute atomic E-state index is 14.3. The van der Waals surface area contributed by atoms with Crippen LogP contribution in [-0.2, 0) is 4.84 Å². The van der Waals surface area contributed by atoms with E-state index in [2.05, 4.69) is 29.2 Å². The fourth-order valence-electron chi connectivity index (χ4n) is 4.42. The number of benzene rings is 2. The van der Waals surface area contributed by atoms with Crippen molar-refractivity contribution in [3.8, 4) is 0 Å². The predicted molar refractivity (Wildman–Crippen MR) is 170 cm³/mol. The first kappa shape index (κ1) is 32.6. The lowest BCUT2D eigenvalue weighted by atomic mass is 9.99. The number of hydrogen-bond acceptors (Lipinski definition) is 7. The summed E-state index contributed by atoms with van der Waals surface area (Å²) in [5, 5.41) is 20.9. The number of rotatable bonds is 15. The summed E-state index contributed by atoms with van der Waals surface area (Å²) < 4.78 is 14.3. The van der Waals surface area contributed by atoms with Gasteiger partial charge in [-0.05, 0) is 97.2 Å². The van der Waals surface area contributed by atoms with Gasteiger partial charge in [-0.15, -0.1) is 16.7 Å². The van der Waals surface area contributed by atoms with Gasteiger partial charge in [0.05, 0.1) is 5.02 Å². The van der Waals surface area contributed by atoms with E-state index >= 15 is 0 Å². The highest BCUT2D eigenvalue weighted by Gasteiger charge is 2.19. The van der Waals surface area contributed by atoms with Crippen LogP contribution in [-0.4, -0.2) is 29.8 Å². The minimum Gasteiger partial charge on any atom is -0.396 e. The average molecular weight is 600 g/mol. The summed E-state index contributed by atoms with van der Waals surface area (Å²) in [6.45, 7) is 12.5. The van der Waals surface area contributed by atoms with Crippen LogP contribution in [0.4, 0.5) is 10.1 Å². The van der Waals surface area contributed by atoms with Gasteiger partial charge in [0.25, 0.3) is 0 Å². The normalized spacial score (nSPS) is 17.1. The Balaban J connectivity index is 1.63. The highest BCUT2D eigenvalue weighted by atomic mass is 35.5. The predicted octanol–water partition coefficient (Wildman–Crippen LogP) is 8.91. The van der Waals surface area contributed by atoms with Crippen molar-refractivity contribution in [2.24, 2.45) is 28.1 Å². The van der Waals surface area contributed by atoms with Crippen molar-refractivity contribution < 1.29 is 14.3 Å². The number of hydrogen-bond donors (Lipinski definition) is 2. The molecule has 0 spiro atoms. The molecule has 4 unspecified atom stereocenters. The second-order valence-electron chi connectivity index (χ2n) is 10.8. The van der Waals surface area contributed by atoms with Gasteiger partial charge in [-0.2, -0.15) is 0 Å². The lowest BCUT2D eigenvalue weighted by Gasteiger charge is -2.22. The number of aliphatic hydroxyl groups excluding tert-OH is 1. The number of nitrogens with one attached hydrogen (secondary N) is 1. The monoisotopic (exact) mass is 599 g/mol. The van der Waals surface area contributed by atoms with Crippen LogP contribution in [0.1, 0.15) is 49.8 Å². The molecule has 1 aliphatic rings. The molecule has 6 nitrogen and oxygen atoms in total. The zero-order valence-corrected chi connectivity index (χ0v) is 25.6. The molecule has 0 radical (unpaired) electrons. The van der Waals surface area contributed by atoms with Crippen molar-refractivity contribution in [2.45, 2.75) is 57.1 Å². The van der Waals surface area contributed by atoms with Crippen molar-refractivity contribution >= 4 is 41.0 Å². The van der Waals surface area contributed by atoms with Crippen LogP contribution in [0.15, 0.2) is 76.1 Å². The highest BCUT2D eigenvalue weighted by molar-refractivity contribution is 8.00. The summed E-state index contributed by atoms with van der Waals surface area (Å²) in [4.78, 5) is 17.0. The van der Waals surface area contributed by atoms with Crippen molar-refractivity contribution in [1.82, 2.24) is 0 Å². The topological polar surface area (TPSA) is 83.3 Å². The van der Waals surface area contributed by atoms with Crippen LogP contribution in [0.25, 0.3) is 5.70 Å². The van der Waals surface area contributed by atoms with Gasteiger partial charge in [0.1, 0.15) is 18.1 Å². The minimum absolute atomic E-state index is 0.106. The van der Waals surface area contributed by atoms with E-state index in [1.165, 1.54) is 6.07 Å². The Labute approximate surface area is 251 Å². The molecule has 2 aromatic rings. The number of anilines is 1. The first-order valence-corrected chi connectivity index (χ1v) is 15.0. The fourth-order valence-corrected chi connectivity index (χ4v) is 6.23. The molecule has 4 atom stereocenters. The van der Waals surface area contributed by atoms with Gasteiger partial charge in [-0.3, -0.25) is 0 Å². The maximum Gasteiger partial charge on any atom is 0.128 e. The first-order valence-electron chi connectivity index (χ1n) is 13.8. The van der Waals surface area contributed by atoms with E-state index in [1.54, 1.807) is 30.8 Å². The highest BCUT2D eigenvalue weighted by Crippen LogP contribution is 2.37. The molecule has 0 fully saturated rings. The third kappa shape index (κ3) is 10.1. The molecule has 220 valence electrons. The van der Waals surface area contributed by atoms with E-state index in [9.17, 15) is 14.4 Å². The number of nitrogens with zero attached hydrogens (tertiary/aromatic N) is 2. The second kappa shape index (κ2) is 15.9. The molecule has 41 heavy (non-hydrogen) atoms. The molecule has 3 rings (SSSR count). The standard InChI is InChI=1S/C32H39ClFN3O3S/c1-20(17-35-40-19-25-6-9-27(37-39)10-7-25)12-29(13-21(2)18-38)41-32-15-26(8-11-30(32)33)24(5)36-28-14-22(3)23(4)31(34)16-28/h6,8-11,14-17,20-21,25,29,36,38H,5,7,12-13,18-19H2,1-4H3/b35-17+. The van der Waals surface area contributed by atoms with Crippen LogP contribution >= 0.6 is 23.4 Å². The zero-order valence-electron chi connectivity index (χ0n) is 24.1. The van der Waals surface area contributed by atoms with Crippen molar-refractivity contribution in [2.75, 3.05) is 18.5 Å². The van der Waals surface area contributed by atoms with Gasteiger partial charge in [-0.1, -0.05) is 55.4 Å². The molecule has 1 aliphatic carbocycles. The average Bonchev–Trinajstić information content (AvgIpc) is 2.95. The van der Waals surface area contributed by atoms with Crippen LogP contribution < -0.4 is 5.32 Å². The Kier molecular flexibility index (Phi) is 12.6. The number of oxime groups is 1. The van der Waals surface area contributed by atoms with Crippen molar-refractivity contribution in [1.29, 1.82) is 0 Å². The molecule has 0 aliphatic heterocycles. The molecule has 0 bridgehead atoms. The number of aryl methyl sites for hydroxylation is 1. The Hall–Kier alpha value is -2.94. The van der Waals surface area contributed by atoms with Gasteiger partial charge >= 0.3 is 0 Å². The quantitative estimate of drug-likeness (QED) is 0.0924. The fraction of sp³-hybridized carbons (Fsp3) is 0.406. The van der Waals surface area contributed by atoms with E-state index in [-0.39, 0.29) is 35.4 Å². The van der Waals surface area contributed by atoms with Crippen LogP contribution in [0.3, 0.4) is 0 Å². The number of nitroso groups, excluding NO2 is 1. The Morgan fingerprint density at radius 2 is 2.07 bits per heavy atom. The largest absolute Gasteiger partial charge is 0.396 e. The van der Waals surface area contributed by atoms with E-state index < -0.39 is 0 Å². The van der Waals surface area contributed by atoms with Gasteiger partial charge in [-0.25, -0.2) is 4.39 Å². The Morgan fingerprint density at radius 1 is 1.29 bits per heavy atom. The van der Waals surface area contributed by atoms with Crippen LogP contribution in [0, 0.1) is 42.3 Å².